The fourth-order valence-corrected chi connectivity index (χ4v) is 2.39. The number of thiocarbonyl (C=S) groups is 1. The number of rotatable bonds is 3. The third-order valence-electron chi connectivity index (χ3n) is 3.26. The molecule has 4 N–H and O–H groups in total. The van der Waals surface area contributed by atoms with E-state index in [-0.39, 0.29) is 12.3 Å². The molecule has 0 radical (unpaired) electrons. The van der Waals surface area contributed by atoms with E-state index in [0.717, 1.165) is 22.2 Å². The maximum Gasteiger partial charge on any atom is 0.242 e. The molecule has 3 rings (SSSR count). The summed E-state index contributed by atoms with van der Waals surface area (Å²) >= 11 is 5.11. The number of carbonyl (C=O) groups is 1. The van der Waals surface area contributed by atoms with Crippen LogP contribution < -0.4 is 16.2 Å². The zero-order valence-corrected chi connectivity index (χ0v) is 13.0. The molecule has 23 heavy (non-hydrogen) atoms. The standard InChI is InChI=1S/C16H15N5OS/c22-15(8-11-9-18-14-6-2-1-5-13(11)14)20-21-16(23)19-12-4-3-7-17-10-12/h1-7,9-10,18H,8H2,(H,20,22)(H2,19,21,23). The molecular weight excluding hydrogens is 310 g/mol. The van der Waals surface area contributed by atoms with E-state index in [1.54, 1.807) is 18.5 Å². The van der Waals surface area contributed by atoms with Gasteiger partial charge in [0, 0.05) is 23.3 Å². The number of pyridine rings is 1. The number of aromatic nitrogens is 2. The van der Waals surface area contributed by atoms with Crippen LogP contribution in [0.5, 0.6) is 0 Å². The monoisotopic (exact) mass is 325 g/mol. The predicted molar refractivity (Wildman–Crippen MR) is 93.7 cm³/mol. The first-order valence-corrected chi connectivity index (χ1v) is 7.44. The van der Waals surface area contributed by atoms with Crippen LogP contribution in [0.15, 0.2) is 55.0 Å². The van der Waals surface area contributed by atoms with Gasteiger partial charge in [0.15, 0.2) is 5.11 Å². The van der Waals surface area contributed by atoms with Crippen molar-refractivity contribution in [3.63, 3.8) is 0 Å². The summed E-state index contributed by atoms with van der Waals surface area (Å²) in [6.07, 6.45) is 5.41. The molecular formula is C16H15N5OS. The molecule has 0 aliphatic carbocycles. The van der Waals surface area contributed by atoms with Crippen LogP contribution in [0.4, 0.5) is 5.69 Å². The summed E-state index contributed by atoms with van der Waals surface area (Å²) in [7, 11) is 0. The Balaban J connectivity index is 1.52. The number of hydrogen-bond acceptors (Lipinski definition) is 3. The number of para-hydroxylation sites is 1. The van der Waals surface area contributed by atoms with Crippen LogP contribution >= 0.6 is 12.2 Å². The highest BCUT2D eigenvalue weighted by molar-refractivity contribution is 7.80. The number of hydrogen-bond donors (Lipinski definition) is 4. The molecule has 6 nitrogen and oxygen atoms in total. The number of fused-ring (bicyclic) bond motifs is 1. The number of amides is 1. The highest BCUT2D eigenvalue weighted by Crippen LogP contribution is 2.17. The molecule has 1 amide bonds. The van der Waals surface area contributed by atoms with Gasteiger partial charge in [0.2, 0.25) is 5.91 Å². The van der Waals surface area contributed by atoms with Gasteiger partial charge >= 0.3 is 0 Å². The second-order valence-corrected chi connectivity index (χ2v) is 5.31. The van der Waals surface area contributed by atoms with Gasteiger partial charge in [0.05, 0.1) is 18.3 Å². The number of aromatic amines is 1. The van der Waals surface area contributed by atoms with Gasteiger partial charge in [0.25, 0.3) is 0 Å². The van der Waals surface area contributed by atoms with Crippen molar-refractivity contribution >= 4 is 39.8 Å². The minimum atomic E-state index is -0.176. The third-order valence-corrected chi connectivity index (χ3v) is 3.46. The molecule has 0 saturated carbocycles. The molecule has 0 saturated heterocycles. The van der Waals surface area contributed by atoms with Crippen LogP contribution in [0, 0.1) is 0 Å². The molecule has 2 heterocycles. The van der Waals surface area contributed by atoms with Crippen LogP contribution in [0.3, 0.4) is 0 Å². The topological polar surface area (TPSA) is 81.8 Å². The zero-order valence-electron chi connectivity index (χ0n) is 12.2. The largest absolute Gasteiger partial charge is 0.361 e. The Kier molecular flexibility index (Phi) is 4.49. The van der Waals surface area contributed by atoms with Crippen molar-refractivity contribution in [3.8, 4) is 0 Å². The van der Waals surface area contributed by atoms with Crippen molar-refractivity contribution in [1.29, 1.82) is 0 Å². The molecule has 0 atom stereocenters. The number of H-pyrrole nitrogens is 1. The first-order valence-electron chi connectivity index (χ1n) is 7.03. The Morgan fingerprint density at radius 3 is 2.87 bits per heavy atom. The SMILES string of the molecule is O=C(Cc1c[nH]c2ccccc12)NNC(=S)Nc1cccnc1. The predicted octanol–water partition coefficient (Wildman–Crippen LogP) is 2.12. The Labute approximate surface area is 138 Å². The van der Waals surface area contributed by atoms with Crippen molar-refractivity contribution in [3.05, 3.63) is 60.6 Å². The van der Waals surface area contributed by atoms with Gasteiger partial charge in [-0.2, -0.15) is 0 Å². The number of carbonyl (C=O) groups excluding carboxylic acids is 1. The van der Waals surface area contributed by atoms with Gasteiger partial charge in [0.1, 0.15) is 0 Å². The van der Waals surface area contributed by atoms with Crippen LogP contribution in [-0.4, -0.2) is 21.0 Å². The van der Waals surface area contributed by atoms with E-state index in [1.807, 2.05) is 36.5 Å². The van der Waals surface area contributed by atoms with Crippen molar-refractivity contribution in [2.24, 2.45) is 0 Å². The fourth-order valence-electron chi connectivity index (χ4n) is 2.22. The smallest absolute Gasteiger partial charge is 0.242 e. The van der Waals surface area contributed by atoms with Crippen LogP contribution in [-0.2, 0) is 11.2 Å². The Morgan fingerprint density at radius 2 is 2.04 bits per heavy atom. The fraction of sp³-hybridized carbons (Fsp3) is 0.0625. The van der Waals surface area contributed by atoms with Gasteiger partial charge < -0.3 is 10.3 Å². The normalized spacial score (nSPS) is 10.3. The molecule has 0 unspecified atom stereocenters. The van der Waals surface area contributed by atoms with Crippen LogP contribution in [0.25, 0.3) is 10.9 Å². The van der Waals surface area contributed by atoms with E-state index in [1.165, 1.54) is 0 Å². The zero-order chi connectivity index (χ0) is 16.1. The molecule has 1 aromatic carbocycles. The van der Waals surface area contributed by atoms with E-state index in [4.69, 9.17) is 12.2 Å². The summed E-state index contributed by atoms with van der Waals surface area (Å²) in [4.78, 5) is 19.1. The van der Waals surface area contributed by atoms with E-state index < -0.39 is 0 Å². The van der Waals surface area contributed by atoms with Crippen LogP contribution in [0.2, 0.25) is 0 Å². The maximum absolute atomic E-state index is 12.0. The average Bonchev–Trinajstić information content (AvgIpc) is 2.97. The lowest BCUT2D eigenvalue weighted by Gasteiger charge is -2.11. The molecule has 2 aromatic heterocycles. The van der Waals surface area contributed by atoms with Gasteiger partial charge in [-0.25, -0.2) is 0 Å². The Morgan fingerprint density at radius 1 is 1.17 bits per heavy atom. The highest BCUT2D eigenvalue weighted by atomic mass is 32.1. The lowest BCUT2D eigenvalue weighted by atomic mass is 10.1. The molecule has 0 bridgehead atoms. The quantitative estimate of drug-likeness (QED) is 0.438. The van der Waals surface area contributed by atoms with Gasteiger partial charge in [-0.3, -0.25) is 20.6 Å². The molecule has 0 fully saturated rings. The highest BCUT2D eigenvalue weighted by Gasteiger charge is 2.08. The minimum absolute atomic E-state index is 0.176. The Hall–Kier alpha value is -2.93. The third kappa shape index (κ3) is 3.83. The van der Waals surface area contributed by atoms with Gasteiger partial charge in [-0.15, -0.1) is 0 Å². The number of nitrogens with one attached hydrogen (secondary N) is 4. The summed E-state index contributed by atoms with van der Waals surface area (Å²) in [6, 6.07) is 11.5. The number of anilines is 1. The second-order valence-electron chi connectivity index (χ2n) is 4.91. The first kappa shape index (κ1) is 15.0. The van der Waals surface area contributed by atoms with Gasteiger partial charge in [-0.05, 0) is 36.0 Å². The van der Waals surface area contributed by atoms with Crippen molar-refractivity contribution in [2.75, 3.05) is 5.32 Å². The van der Waals surface area contributed by atoms with Gasteiger partial charge in [-0.1, -0.05) is 18.2 Å². The summed E-state index contributed by atoms with van der Waals surface area (Å²) in [6.45, 7) is 0. The molecule has 0 spiro atoms. The average molecular weight is 325 g/mol. The second kappa shape index (κ2) is 6.89. The lowest BCUT2D eigenvalue weighted by Crippen LogP contribution is -2.44. The molecule has 0 aliphatic heterocycles. The molecule has 0 aliphatic rings. The minimum Gasteiger partial charge on any atom is -0.361 e. The maximum atomic E-state index is 12.0. The molecule has 3 aromatic rings. The van der Waals surface area contributed by atoms with E-state index in [2.05, 4.69) is 26.1 Å². The van der Waals surface area contributed by atoms with E-state index in [0.29, 0.717) is 5.11 Å². The Bertz CT molecular complexity index is 831. The molecule has 7 heteroatoms. The number of nitrogens with zero attached hydrogens (tertiary/aromatic N) is 1. The molecule has 116 valence electrons. The number of benzene rings is 1. The number of hydrazine groups is 1. The van der Waals surface area contributed by atoms with Crippen LogP contribution in [0.1, 0.15) is 5.56 Å². The summed E-state index contributed by atoms with van der Waals surface area (Å²) in [5.74, 6) is -0.176. The van der Waals surface area contributed by atoms with E-state index in [9.17, 15) is 4.79 Å². The lowest BCUT2D eigenvalue weighted by molar-refractivity contribution is -0.120. The van der Waals surface area contributed by atoms with E-state index >= 15 is 0 Å². The first-order chi connectivity index (χ1) is 11.2. The van der Waals surface area contributed by atoms with Crippen molar-refractivity contribution < 1.29 is 4.79 Å². The summed E-state index contributed by atoms with van der Waals surface area (Å²) in [5, 5.41) is 4.26. The van der Waals surface area contributed by atoms with Crippen molar-refractivity contribution in [2.45, 2.75) is 6.42 Å². The summed E-state index contributed by atoms with van der Waals surface area (Å²) in [5.41, 5.74) is 7.95. The van der Waals surface area contributed by atoms with Crippen molar-refractivity contribution in [1.82, 2.24) is 20.8 Å². The summed E-state index contributed by atoms with van der Waals surface area (Å²) < 4.78 is 0.